The van der Waals surface area contributed by atoms with Gasteiger partial charge >= 0.3 is 5.97 Å². The SMILES string of the molecule is C=C(c1ccc(OCCOC(=O)CC)cc1)C1COC2(CCCC2)OO1. The Morgan fingerprint density at radius 3 is 2.58 bits per heavy atom. The predicted octanol–water partition coefficient (Wildman–Crippen LogP) is 3.65. The van der Waals surface area contributed by atoms with Gasteiger partial charge in [0, 0.05) is 19.3 Å². The summed E-state index contributed by atoms with van der Waals surface area (Å²) in [5, 5.41) is 0. The molecule has 6 heteroatoms. The van der Waals surface area contributed by atoms with Crippen molar-refractivity contribution in [2.24, 2.45) is 0 Å². The van der Waals surface area contributed by atoms with Gasteiger partial charge in [0.15, 0.2) is 0 Å². The Labute approximate surface area is 153 Å². The maximum absolute atomic E-state index is 11.1. The lowest BCUT2D eigenvalue weighted by Crippen LogP contribution is -2.43. The fourth-order valence-corrected chi connectivity index (χ4v) is 3.09. The molecule has 1 saturated carbocycles. The number of hydrogen-bond acceptors (Lipinski definition) is 6. The Balaban J connectivity index is 1.46. The van der Waals surface area contributed by atoms with E-state index >= 15 is 0 Å². The standard InChI is InChI=1S/C20H26O6/c1-3-19(21)23-13-12-22-17-8-6-16(7-9-17)15(2)18-14-24-20(26-25-18)10-4-5-11-20/h6-9,18H,2-5,10-14H2,1H3. The van der Waals surface area contributed by atoms with Gasteiger partial charge in [-0.1, -0.05) is 25.6 Å². The monoisotopic (exact) mass is 362 g/mol. The van der Waals surface area contributed by atoms with Crippen molar-refractivity contribution in [3.63, 3.8) is 0 Å². The van der Waals surface area contributed by atoms with Gasteiger partial charge < -0.3 is 14.2 Å². The van der Waals surface area contributed by atoms with Crippen LogP contribution in [0.1, 0.15) is 44.6 Å². The molecular weight excluding hydrogens is 336 g/mol. The van der Waals surface area contributed by atoms with E-state index < -0.39 is 5.79 Å². The van der Waals surface area contributed by atoms with E-state index in [2.05, 4.69) is 6.58 Å². The third-order valence-electron chi connectivity index (χ3n) is 4.70. The molecule has 26 heavy (non-hydrogen) atoms. The van der Waals surface area contributed by atoms with Gasteiger partial charge in [-0.25, -0.2) is 9.78 Å². The molecule has 1 atom stereocenters. The normalized spacial score (nSPS) is 21.5. The minimum atomic E-state index is -0.546. The van der Waals surface area contributed by atoms with Crippen molar-refractivity contribution in [1.29, 1.82) is 0 Å². The molecule has 1 aliphatic carbocycles. The first kappa shape index (κ1) is 18.9. The largest absolute Gasteiger partial charge is 0.490 e. The highest BCUT2D eigenvalue weighted by Gasteiger charge is 2.42. The third kappa shape index (κ3) is 4.63. The molecule has 1 aliphatic heterocycles. The average molecular weight is 362 g/mol. The molecule has 2 fully saturated rings. The van der Waals surface area contributed by atoms with E-state index in [-0.39, 0.29) is 18.7 Å². The van der Waals surface area contributed by atoms with E-state index in [1.807, 2.05) is 24.3 Å². The summed E-state index contributed by atoms with van der Waals surface area (Å²) in [6.07, 6.45) is 4.02. The summed E-state index contributed by atoms with van der Waals surface area (Å²) in [5.41, 5.74) is 1.75. The highest BCUT2D eigenvalue weighted by molar-refractivity contribution is 5.69. The van der Waals surface area contributed by atoms with Crippen molar-refractivity contribution in [1.82, 2.24) is 0 Å². The van der Waals surface area contributed by atoms with Crippen LogP contribution in [0.4, 0.5) is 0 Å². The van der Waals surface area contributed by atoms with Crippen LogP contribution in [-0.2, 0) is 24.0 Å². The Morgan fingerprint density at radius 1 is 1.23 bits per heavy atom. The topological polar surface area (TPSA) is 63.2 Å². The van der Waals surface area contributed by atoms with Crippen molar-refractivity contribution in [3.8, 4) is 5.75 Å². The van der Waals surface area contributed by atoms with E-state index in [1.54, 1.807) is 6.92 Å². The first-order valence-electron chi connectivity index (χ1n) is 9.18. The van der Waals surface area contributed by atoms with E-state index in [4.69, 9.17) is 24.0 Å². The van der Waals surface area contributed by atoms with E-state index in [0.717, 1.165) is 36.8 Å². The molecule has 142 valence electrons. The van der Waals surface area contributed by atoms with Gasteiger partial charge in [-0.2, -0.15) is 0 Å². The Bertz CT molecular complexity index is 608. The van der Waals surface area contributed by atoms with Crippen LogP contribution in [0, 0.1) is 0 Å². The van der Waals surface area contributed by atoms with Crippen LogP contribution < -0.4 is 4.74 Å². The van der Waals surface area contributed by atoms with Gasteiger partial charge in [0.25, 0.3) is 0 Å². The molecule has 1 heterocycles. The highest BCUT2D eigenvalue weighted by atomic mass is 17.2. The van der Waals surface area contributed by atoms with Crippen molar-refractivity contribution in [2.75, 3.05) is 19.8 Å². The number of carbonyl (C=O) groups excluding carboxylic acids is 1. The van der Waals surface area contributed by atoms with Crippen LogP contribution in [-0.4, -0.2) is 37.7 Å². The summed E-state index contributed by atoms with van der Waals surface area (Å²) < 4.78 is 16.5. The number of rotatable bonds is 7. The second-order valence-corrected chi connectivity index (χ2v) is 6.57. The molecule has 0 radical (unpaired) electrons. The van der Waals surface area contributed by atoms with Crippen molar-refractivity contribution in [3.05, 3.63) is 36.4 Å². The second kappa shape index (κ2) is 8.66. The molecule has 1 unspecified atom stereocenters. The zero-order valence-corrected chi connectivity index (χ0v) is 15.2. The average Bonchev–Trinajstić information content (AvgIpc) is 3.13. The molecule has 0 amide bonds. The fraction of sp³-hybridized carbons (Fsp3) is 0.550. The minimum absolute atomic E-state index is 0.225. The van der Waals surface area contributed by atoms with Gasteiger partial charge in [0.05, 0.1) is 6.61 Å². The highest BCUT2D eigenvalue weighted by Crippen LogP contribution is 2.39. The maximum Gasteiger partial charge on any atom is 0.305 e. The van der Waals surface area contributed by atoms with E-state index in [1.165, 1.54) is 0 Å². The predicted molar refractivity (Wildman–Crippen MR) is 95.3 cm³/mol. The van der Waals surface area contributed by atoms with Crippen molar-refractivity contribution < 1.29 is 28.8 Å². The Hall–Kier alpha value is -1.89. The van der Waals surface area contributed by atoms with E-state index in [9.17, 15) is 4.79 Å². The molecule has 1 saturated heterocycles. The number of ether oxygens (including phenoxy) is 3. The van der Waals surface area contributed by atoms with Crippen LogP contribution in [0.25, 0.3) is 5.57 Å². The van der Waals surface area contributed by atoms with Gasteiger partial charge in [-0.3, -0.25) is 4.79 Å². The third-order valence-corrected chi connectivity index (χ3v) is 4.70. The summed E-state index contributed by atoms with van der Waals surface area (Å²) >= 11 is 0. The minimum Gasteiger partial charge on any atom is -0.490 e. The molecule has 3 rings (SSSR count). The zero-order chi connectivity index (χ0) is 18.4. The lowest BCUT2D eigenvalue weighted by atomic mass is 10.0. The summed E-state index contributed by atoms with van der Waals surface area (Å²) in [7, 11) is 0. The second-order valence-electron chi connectivity index (χ2n) is 6.57. The number of benzene rings is 1. The molecule has 1 spiro atoms. The van der Waals surface area contributed by atoms with Gasteiger partial charge in [0.1, 0.15) is 25.1 Å². The van der Waals surface area contributed by atoms with Crippen molar-refractivity contribution in [2.45, 2.75) is 50.9 Å². The first-order valence-corrected chi connectivity index (χ1v) is 9.18. The lowest BCUT2D eigenvalue weighted by molar-refractivity contribution is -0.475. The Kier molecular flexibility index (Phi) is 6.29. The number of carbonyl (C=O) groups is 1. The van der Waals surface area contributed by atoms with Gasteiger partial charge in [-0.15, -0.1) is 0 Å². The summed E-state index contributed by atoms with van der Waals surface area (Å²) in [5.74, 6) is -0.0666. The molecule has 2 aliphatic rings. The summed E-state index contributed by atoms with van der Waals surface area (Å²) in [6.45, 7) is 6.88. The molecular formula is C20H26O6. The molecule has 0 bridgehead atoms. The van der Waals surface area contributed by atoms with Gasteiger partial charge in [0.2, 0.25) is 5.79 Å². The molecule has 1 aromatic rings. The van der Waals surface area contributed by atoms with Gasteiger partial charge in [-0.05, 0) is 36.1 Å². The van der Waals surface area contributed by atoms with Crippen LogP contribution >= 0.6 is 0 Å². The fourth-order valence-electron chi connectivity index (χ4n) is 3.09. The molecule has 0 N–H and O–H groups in total. The zero-order valence-electron chi connectivity index (χ0n) is 15.2. The molecule has 6 nitrogen and oxygen atoms in total. The lowest BCUT2D eigenvalue weighted by Gasteiger charge is -2.36. The van der Waals surface area contributed by atoms with Crippen LogP contribution in [0.3, 0.4) is 0 Å². The quantitative estimate of drug-likeness (QED) is 0.419. The van der Waals surface area contributed by atoms with Crippen LogP contribution in [0.15, 0.2) is 30.8 Å². The summed E-state index contributed by atoms with van der Waals surface area (Å²) in [4.78, 5) is 22.2. The summed E-state index contributed by atoms with van der Waals surface area (Å²) in [6, 6.07) is 7.54. The van der Waals surface area contributed by atoms with Crippen molar-refractivity contribution >= 4 is 11.5 Å². The molecule has 1 aromatic carbocycles. The van der Waals surface area contributed by atoms with Crippen LogP contribution in [0.5, 0.6) is 5.75 Å². The van der Waals surface area contributed by atoms with E-state index in [0.29, 0.717) is 25.4 Å². The van der Waals surface area contributed by atoms with Crippen LogP contribution in [0.2, 0.25) is 0 Å². The Morgan fingerprint density at radius 2 is 1.96 bits per heavy atom. The number of hydrogen-bond donors (Lipinski definition) is 0. The molecule has 0 aromatic heterocycles. The number of esters is 1. The maximum atomic E-state index is 11.1. The smallest absolute Gasteiger partial charge is 0.305 e. The first-order chi connectivity index (χ1) is 12.6.